The van der Waals surface area contributed by atoms with Gasteiger partial charge in [0.25, 0.3) is 0 Å². The monoisotopic (exact) mass is 298 g/mol. The van der Waals surface area contributed by atoms with Crippen LogP contribution in [0.5, 0.6) is 0 Å². The summed E-state index contributed by atoms with van der Waals surface area (Å²) in [4.78, 5) is 0. The van der Waals surface area contributed by atoms with Crippen molar-refractivity contribution in [1.82, 2.24) is 4.57 Å². The quantitative estimate of drug-likeness (QED) is 0.568. The molecule has 1 aromatic heterocycles. The number of hydrogen-bond donors (Lipinski definition) is 1. The second kappa shape index (κ2) is 11.7. The van der Waals surface area contributed by atoms with Gasteiger partial charge in [0.1, 0.15) is 0 Å². The van der Waals surface area contributed by atoms with E-state index in [1.165, 1.54) is 6.42 Å². The molecule has 0 saturated heterocycles. The Morgan fingerprint density at radius 3 is 2.29 bits per heavy atom. The lowest BCUT2D eigenvalue weighted by molar-refractivity contribution is 0.0126. The Hall–Kier alpha value is -0.880. The molecule has 2 N–H and O–H groups in total. The fourth-order valence-electron chi connectivity index (χ4n) is 2.00. The van der Waals surface area contributed by atoms with Crippen LogP contribution in [0.1, 0.15) is 38.4 Å². The van der Waals surface area contributed by atoms with Gasteiger partial charge in [-0.15, -0.1) is 0 Å². The Morgan fingerprint density at radius 1 is 1.05 bits per heavy atom. The highest BCUT2D eigenvalue weighted by atomic mass is 16.5. The predicted molar refractivity (Wildman–Crippen MR) is 84.4 cm³/mol. The minimum Gasteiger partial charge on any atom is -0.379 e. The Morgan fingerprint density at radius 2 is 1.67 bits per heavy atom. The van der Waals surface area contributed by atoms with Crippen LogP contribution in [0.3, 0.4) is 0 Å². The summed E-state index contributed by atoms with van der Waals surface area (Å²) in [7, 11) is 0. The highest BCUT2D eigenvalue weighted by Gasteiger charge is 2.04. The van der Waals surface area contributed by atoms with E-state index in [-0.39, 0.29) is 6.04 Å². The molecular weight excluding hydrogens is 268 g/mol. The molecule has 0 aliphatic rings. The Kier molecular flexibility index (Phi) is 10.2. The van der Waals surface area contributed by atoms with Crippen LogP contribution in [0.4, 0.5) is 0 Å². The molecule has 1 unspecified atom stereocenters. The fraction of sp³-hybridized carbons (Fsp3) is 0.750. The molecule has 0 aliphatic carbocycles. The van der Waals surface area contributed by atoms with Crippen molar-refractivity contribution < 1.29 is 14.2 Å². The van der Waals surface area contributed by atoms with Gasteiger partial charge in [-0.25, -0.2) is 0 Å². The molecular formula is C16H30N2O3. The van der Waals surface area contributed by atoms with E-state index in [0.717, 1.165) is 25.3 Å². The van der Waals surface area contributed by atoms with Gasteiger partial charge < -0.3 is 24.5 Å². The maximum absolute atomic E-state index is 5.89. The van der Waals surface area contributed by atoms with Crippen LogP contribution < -0.4 is 5.73 Å². The Labute approximate surface area is 128 Å². The molecule has 21 heavy (non-hydrogen) atoms. The Balaban J connectivity index is 1.92. The normalized spacial score (nSPS) is 12.7. The molecule has 0 aromatic carbocycles. The van der Waals surface area contributed by atoms with E-state index in [1.807, 2.05) is 25.3 Å². The van der Waals surface area contributed by atoms with Crippen molar-refractivity contribution in [2.45, 2.75) is 39.3 Å². The molecule has 5 nitrogen and oxygen atoms in total. The van der Waals surface area contributed by atoms with Crippen LogP contribution in [0.25, 0.3) is 0 Å². The van der Waals surface area contributed by atoms with Crippen molar-refractivity contribution in [3.05, 3.63) is 24.0 Å². The molecule has 1 aromatic rings. The molecule has 0 amide bonds. The zero-order valence-electron chi connectivity index (χ0n) is 13.4. The largest absolute Gasteiger partial charge is 0.379 e. The molecule has 0 radical (unpaired) electrons. The third-order valence-corrected chi connectivity index (χ3v) is 3.19. The summed E-state index contributed by atoms with van der Waals surface area (Å²) >= 11 is 0. The van der Waals surface area contributed by atoms with E-state index in [1.54, 1.807) is 0 Å². The average Bonchev–Trinajstić information content (AvgIpc) is 2.93. The van der Waals surface area contributed by atoms with Gasteiger partial charge in [0.2, 0.25) is 0 Å². The summed E-state index contributed by atoms with van der Waals surface area (Å²) in [6.07, 6.45) is 4.32. The average molecular weight is 298 g/mol. The van der Waals surface area contributed by atoms with Gasteiger partial charge in [0.15, 0.2) is 0 Å². The minimum atomic E-state index is 0.0519. The van der Waals surface area contributed by atoms with Crippen molar-refractivity contribution in [3.63, 3.8) is 0 Å². The number of hydrogen-bond acceptors (Lipinski definition) is 4. The van der Waals surface area contributed by atoms with Gasteiger partial charge in [-0.2, -0.15) is 0 Å². The number of nitrogens with zero attached hydrogens (tertiary/aromatic N) is 1. The summed E-state index contributed by atoms with van der Waals surface area (Å²) in [5.74, 6) is 0. The second-order valence-corrected chi connectivity index (χ2v) is 5.11. The van der Waals surface area contributed by atoms with Crippen LogP contribution >= 0.6 is 0 Å². The van der Waals surface area contributed by atoms with Gasteiger partial charge in [0, 0.05) is 31.1 Å². The van der Waals surface area contributed by atoms with Gasteiger partial charge in [-0.1, -0.05) is 13.3 Å². The smallest absolute Gasteiger partial charge is 0.0701 e. The molecule has 1 heterocycles. The van der Waals surface area contributed by atoms with Crippen molar-refractivity contribution in [2.75, 3.05) is 39.6 Å². The van der Waals surface area contributed by atoms with E-state index in [0.29, 0.717) is 33.0 Å². The predicted octanol–water partition coefficient (Wildman–Crippen LogP) is 2.36. The van der Waals surface area contributed by atoms with E-state index < -0.39 is 0 Å². The summed E-state index contributed by atoms with van der Waals surface area (Å²) < 4.78 is 18.5. The van der Waals surface area contributed by atoms with Crippen LogP contribution in [0.15, 0.2) is 18.3 Å². The van der Waals surface area contributed by atoms with Crippen molar-refractivity contribution in [1.29, 1.82) is 0 Å². The molecule has 1 atom stereocenters. The molecule has 0 saturated carbocycles. The van der Waals surface area contributed by atoms with Crippen LogP contribution in [0.2, 0.25) is 0 Å². The molecule has 0 spiro atoms. The number of ether oxygens (including phenoxy) is 3. The first-order valence-electron chi connectivity index (χ1n) is 7.89. The first-order chi connectivity index (χ1) is 10.3. The third kappa shape index (κ3) is 8.21. The lowest BCUT2D eigenvalue weighted by Crippen LogP contribution is -2.15. The van der Waals surface area contributed by atoms with Crippen LogP contribution in [-0.2, 0) is 20.8 Å². The summed E-state index contributed by atoms with van der Waals surface area (Å²) in [6.45, 7) is 9.00. The zero-order valence-corrected chi connectivity index (χ0v) is 13.4. The molecule has 0 fully saturated rings. The molecule has 1 rings (SSSR count). The second-order valence-electron chi connectivity index (χ2n) is 5.11. The maximum Gasteiger partial charge on any atom is 0.0701 e. The summed E-state index contributed by atoms with van der Waals surface area (Å²) in [5, 5.41) is 0. The summed E-state index contributed by atoms with van der Waals surface area (Å²) in [5.41, 5.74) is 7.03. The lowest BCUT2D eigenvalue weighted by atomic mass is 10.2. The SMILES string of the molecule is CCCCOCCOCCOCCn1cccc1C(C)N. The Bertz CT molecular complexity index is 353. The van der Waals surface area contributed by atoms with E-state index in [2.05, 4.69) is 11.5 Å². The first-order valence-corrected chi connectivity index (χ1v) is 7.89. The van der Waals surface area contributed by atoms with Crippen LogP contribution in [-0.4, -0.2) is 44.2 Å². The van der Waals surface area contributed by atoms with Gasteiger partial charge in [-0.05, 0) is 25.5 Å². The topological polar surface area (TPSA) is 58.6 Å². The van der Waals surface area contributed by atoms with E-state index in [9.17, 15) is 0 Å². The fourth-order valence-corrected chi connectivity index (χ4v) is 2.00. The molecule has 122 valence electrons. The maximum atomic E-state index is 5.89. The number of aromatic nitrogens is 1. The number of unbranched alkanes of at least 4 members (excludes halogenated alkanes) is 1. The van der Waals surface area contributed by atoms with Gasteiger partial charge in [-0.3, -0.25) is 0 Å². The molecule has 0 aliphatic heterocycles. The van der Waals surface area contributed by atoms with E-state index >= 15 is 0 Å². The molecule has 5 heteroatoms. The third-order valence-electron chi connectivity index (χ3n) is 3.19. The van der Waals surface area contributed by atoms with Gasteiger partial charge in [0.05, 0.1) is 33.0 Å². The standard InChI is InChI=1S/C16H30N2O3/c1-3-4-9-19-11-13-21-14-12-20-10-8-18-7-5-6-16(18)15(2)17/h5-7,15H,3-4,8-14,17H2,1-2H3. The van der Waals surface area contributed by atoms with Crippen LogP contribution in [0, 0.1) is 0 Å². The minimum absolute atomic E-state index is 0.0519. The van der Waals surface area contributed by atoms with Gasteiger partial charge >= 0.3 is 0 Å². The van der Waals surface area contributed by atoms with E-state index in [4.69, 9.17) is 19.9 Å². The first kappa shape index (κ1) is 18.2. The van der Waals surface area contributed by atoms with Crippen molar-refractivity contribution in [2.24, 2.45) is 5.73 Å². The molecule has 0 bridgehead atoms. The number of nitrogens with two attached hydrogens (primary N) is 1. The lowest BCUT2D eigenvalue weighted by Gasteiger charge is -2.12. The highest BCUT2D eigenvalue weighted by molar-refractivity contribution is 5.10. The zero-order chi connectivity index (χ0) is 15.3. The highest BCUT2D eigenvalue weighted by Crippen LogP contribution is 2.10. The summed E-state index contributed by atoms with van der Waals surface area (Å²) in [6, 6.07) is 4.11. The van der Waals surface area contributed by atoms with Crippen molar-refractivity contribution in [3.8, 4) is 0 Å². The number of rotatable bonds is 13. The van der Waals surface area contributed by atoms with Crippen molar-refractivity contribution >= 4 is 0 Å².